The van der Waals surface area contributed by atoms with Crippen LogP contribution >= 0.6 is 0 Å². The zero-order valence-electron chi connectivity index (χ0n) is 4.63. The van der Waals surface area contributed by atoms with E-state index in [1.165, 1.54) is 6.26 Å². The molecule has 0 saturated heterocycles. The van der Waals surface area contributed by atoms with Gasteiger partial charge in [-0.25, -0.2) is 0 Å². The smallest absolute Gasteiger partial charge is 0.332 e. The van der Waals surface area contributed by atoms with E-state index in [0.29, 0.717) is 7.48 Å². The maximum absolute atomic E-state index is 4.76. The van der Waals surface area contributed by atoms with Gasteiger partial charge in [-0.2, -0.15) is 0 Å². The number of hydrogen-bond donors (Lipinski definition) is 0. The Morgan fingerprint density at radius 3 is 3.25 bits per heavy atom. The van der Waals surface area contributed by atoms with Gasteiger partial charge in [0.15, 0.2) is 0 Å². The Hall–Kier alpha value is -0.765. The van der Waals surface area contributed by atoms with Crippen LogP contribution in [-0.2, 0) is 4.65 Å². The van der Waals surface area contributed by atoms with Gasteiger partial charge in [-0.1, -0.05) is 5.16 Å². The van der Waals surface area contributed by atoms with Crippen molar-refractivity contribution in [1.29, 1.82) is 0 Å². The lowest BCUT2D eigenvalue weighted by atomic mass is 9.96. The first-order valence-electron chi connectivity index (χ1n) is 2.31. The lowest BCUT2D eigenvalue weighted by Crippen LogP contribution is -2.15. The summed E-state index contributed by atoms with van der Waals surface area (Å²) in [6, 6.07) is 1.77. The number of aromatic nitrogens is 1. The van der Waals surface area contributed by atoms with Gasteiger partial charge in [0.2, 0.25) is 0 Å². The molecule has 0 spiro atoms. The molecule has 0 saturated carbocycles. The lowest BCUT2D eigenvalue weighted by Gasteiger charge is -1.83. The molecule has 1 aromatic rings. The second-order valence-corrected chi connectivity index (χ2v) is 1.42. The molecule has 0 N–H and O–H groups in total. The minimum atomic E-state index is 0.524. The van der Waals surface area contributed by atoms with Gasteiger partial charge in [0.1, 0.15) is 6.26 Å². The molecular formula is C4H6BNO2. The van der Waals surface area contributed by atoms with Crippen molar-refractivity contribution >= 4 is 13.1 Å². The van der Waals surface area contributed by atoms with Crippen LogP contribution in [0.4, 0.5) is 0 Å². The average molecular weight is 111 g/mol. The van der Waals surface area contributed by atoms with E-state index in [-0.39, 0.29) is 0 Å². The van der Waals surface area contributed by atoms with Crippen molar-refractivity contribution < 1.29 is 9.18 Å². The molecule has 1 heterocycles. The summed E-state index contributed by atoms with van der Waals surface area (Å²) in [4.78, 5) is 0. The zero-order valence-corrected chi connectivity index (χ0v) is 4.63. The maximum Gasteiger partial charge on any atom is 0.332 e. The summed E-state index contributed by atoms with van der Waals surface area (Å²) >= 11 is 0. The van der Waals surface area contributed by atoms with Crippen molar-refractivity contribution in [3.05, 3.63) is 12.3 Å². The minimum Gasteiger partial charge on any atom is -0.435 e. The van der Waals surface area contributed by atoms with Crippen LogP contribution in [0, 0.1) is 0 Å². The molecule has 4 heteroatoms. The molecule has 0 aliphatic rings. The number of hydrogen-bond acceptors (Lipinski definition) is 3. The highest BCUT2D eigenvalue weighted by atomic mass is 16.5. The van der Waals surface area contributed by atoms with E-state index in [9.17, 15) is 0 Å². The molecule has 0 atom stereocenters. The van der Waals surface area contributed by atoms with E-state index in [0.717, 1.165) is 5.59 Å². The van der Waals surface area contributed by atoms with E-state index in [1.54, 1.807) is 13.2 Å². The van der Waals surface area contributed by atoms with Crippen LogP contribution in [0.5, 0.6) is 0 Å². The lowest BCUT2D eigenvalue weighted by molar-refractivity contribution is 0.417. The van der Waals surface area contributed by atoms with E-state index in [2.05, 4.69) is 9.68 Å². The molecule has 0 unspecified atom stereocenters. The van der Waals surface area contributed by atoms with Gasteiger partial charge < -0.3 is 9.18 Å². The molecule has 0 amide bonds. The third-order valence-electron chi connectivity index (χ3n) is 0.783. The highest BCUT2D eigenvalue weighted by molar-refractivity contribution is 6.45. The topological polar surface area (TPSA) is 35.3 Å². The van der Waals surface area contributed by atoms with Gasteiger partial charge in [0.05, 0.1) is 5.59 Å². The highest BCUT2D eigenvalue weighted by Crippen LogP contribution is 1.73. The SMILES string of the molecule is COBc1ccon1. The van der Waals surface area contributed by atoms with Gasteiger partial charge in [-0.05, 0) is 6.07 Å². The Morgan fingerprint density at radius 1 is 1.88 bits per heavy atom. The first kappa shape index (κ1) is 5.37. The third kappa shape index (κ3) is 1.10. The Morgan fingerprint density at radius 2 is 2.75 bits per heavy atom. The molecule has 0 fully saturated rings. The number of nitrogens with zero attached hydrogens (tertiary/aromatic N) is 1. The molecule has 1 rings (SSSR count). The van der Waals surface area contributed by atoms with Crippen molar-refractivity contribution in [2.24, 2.45) is 0 Å². The highest BCUT2D eigenvalue weighted by Gasteiger charge is 1.94. The molecule has 0 aliphatic carbocycles. The first-order valence-corrected chi connectivity index (χ1v) is 2.31. The predicted octanol–water partition coefficient (Wildman–Crippen LogP) is -0.702. The molecule has 8 heavy (non-hydrogen) atoms. The molecular weight excluding hydrogens is 105 g/mol. The van der Waals surface area contributed by atoms with Crippen LogP contribution < -0.4 is 5.59 Å². The van der Waals surface area contributed by atoms with Gasteiger partial charge in [-0.15, -0.1) is 0 Å². The van der Waals surface area contributed by atoms with Crippen molar-refractivity contribution in [2.45, 2.75) is 0 Å². The Bertz CT molecular complexity index is 140. The van der Waals surface area contributed by atoms with Crippen LogP contribution in [0.25, 0.3) is 0 Å². The second-order valence-electron chi connectivity index (χ2n) is 1.42. The largest absolute Gasteiger partial charge is 0.435 e. The van der Waals surface area contributed by atoms with Gasteiger partial charge in [0, 0.05) is 7.11 Å². The van der Waals surface area contributed by atoms with Crippen molar-refractivity contribution in [3.63, 3.8) is 0 Å². The van der Waals surface area contributed by atoms with E-state index < -0.39 is 0 Å². The second kappa shape index (κ2) is 2.52. The summed E-state index contributed by atoms with van der Waals surface area (Å²) in [6.07, 6.45) is 1.52. The molecule has 0 aliphatic heterocycles. The van der Waals surface area contributed by atoms with Gasteiger partial charge in [0.25, 0.3) is 0 Å². The molecule has 0 aromatic carbocycles. The Kier molecular flexibility index (Phi) is 1.69. The fourth-order valence-electron chi connectivity index (χ4n) is 0.460. The van der Waals surface area contributed by atoms with Gasteiger partial charge in [-0.3, -0.25) is 0 Å². The summed E-state index contributed by atoms with van der Waals surface area (Å²) < 4.78 is 9.30. The summed E-state index contributed by atoms with van der Waals surface area (Å²) in [5.74, 6) is 0. The van der Waals surface area contributed by atoms with Crippen LogP contribution in [0.1, 0.15) is 0 Å². The minimum absolute atomic E-state index is 0.524. The summed E-state index contributed by atoms with van der Waals surface area (Å²) in [5.41, 5.74) is 0.826. The van der Waals surface area contributed by atoms with Crippen LogP contribution in [0.15, 0.2) is 16.9 Å². The van der Waals surface area contributed by atoms with Crippen LogP contribution in [-0.4, -0.2) is 19.7 Å². The normalized spacial score (nSPS) is 9.12. The molecule has 42 valence electrons. The fraction of sp³-hybridized carbons (Fsp3) is 0.250. The summed E-state index contributed by atoms with van der Waals surface area (Å²) in [6.45, 7) is 0. The average Bonchev–Trinajstić information content (AvgIpc) is 2.19. The quantitative estimate of drug-likeness (QED) is 0.473. The third-order valence-corrected chi connectivity index (χ3v) is 0.783. The van der Waals surface area contributed by atoms with Crippen LogP contribution in [0.3, 0.4) is 0 Å². The van der Waals surface area contributed by atoms with Crippen molar-refractivity contribution in [2.75, 3.05) is 7.11 Å². The van der Waals surface area contributed by atoms with E-state index in [1.807, 2.05) is 0 Å². The van der Waals surface area contributed by atoms with E-state index in [4.69, 9.17) is 4.65 Å². The van der Waals surface area contributed by atoms with Crippen molar-refractivity contribution in [1.82, 2.24) is 5.16 Å². The fourth-order valence-corrected chi connectivity index (χ4v) is 0.460. The number of rotatable bonds is 2. The standard InChI is InChI=1S/C4H6BNO2/c1-7-5-4-2-3-8-6-4/h2-3,5H,1H3. The zero-order chi connectivity index (χ0) is 5.82. The molecule has 3 nitrogen and oxygen atoms in total. The summed E-state index contributed by atoms with van der Waals surface area (Å²) in [7, 11) is 2.14. The Balaban J connectivity index is 2.50. The van der Waals surface area contributed by atoms with Crippen molar-refractivity contribution in [3.8, 4) is 0 Å². The van der Waals surface area contributed by atoms with Gasteiger partial charge >= 0.3 is 7.48 Å². The summed E-state index contributed by atoms with van der Waals surface area (Å²) in [5, 5.41) is 3.61. The molecule has 1 aromatic heterocycles. The molecule has 0 bridgehead atoms. The maximum atomic E-state index is 4.76. The Labute approximate surface area is 47.9 Å². The monoisotopic (exact) mass is 111 g/mol. The first-order chi connectivity index (χ1) is 3.93. The molecule has 0 radical (unpaired) electrons. The predicted molar refractivity (Wildman–Crippen MR) is 30.3 cm³/mol. The van der Waals surface area contributed by atoms with Crippen LogP contribution in [0.2, 0.25) is 0 Å². The van der Waals surface area contributed by atoms with E-state index >= 15 is 0 Å².